The zero-order chi connectivity index (χ0) is 15.9. The minimum absolute atomic E-state index is 0.0446. The number of carbonyl (C=O) groups is 1. The third-order valence-corrected chi connectivity index (χ3v) is 4.56. The van der Waals surface area contributed by atoms with Gasteiger partial charge in [-0.05, 0) is 18.1 Å². The normalized spacial score (nSPS) is 13.6. The molecule has 1 amide bonds. The summed E-state index contributed by atoms with van der Waals surface area (Å²) < 4.78 is 0. The van der Waals surface area contributed by atoms with Gasteiger partial charge in [0, 0.05) is 11.6 Å². The van der Waals surface area contributed by atoms with E-state index in [1.54, 1.807) is 6.20 Å². The Kier molecular flexibility index (Phi) is 6.03. The summed E-state index contributed by atoms with van der Waals surface area (Å²) in [6, 6.07) is 5.46. The van der Waals surface area contributed by atoms with E-state index in [1.807, 2.05) is 37.4 Å². The summed E-state index contributed by atoms with van der Waals surface area (Å²) in [5, 5.41) is 14.9. The van der Waals surface area contributed by atoms with Crippen molar-refractivity contribution in [3.05, 3.63) is 35.5 Å². The molecule has 2 N–H and O–H groups in total. The number of nitrogens with one attached hydrogen (secondary N) is 1. The first-order chi connectivity index (χ1) is 10.6. The highest BCUT2D eigenvalue weighted by Gasteiger charge is 2.18. The van der Waals surface area contributed by atoms with Crippen LogP contribution < -0.4 is 5.32 Å². The van der Waals surface area contributed by atoms with Crippen molar-refractivity contribution in [3.8, 4) is 10.7 Å². The number of aliphatic hydroxyl groups is 1. The van der Waals surface area contributed by atoms with Gasteiger partial charge in [0.25, 0.3) is 0 Å². The molecule has 5 nitrogen and oxygen atoms in total. The van der Waals surface area contributed by atoms with Crippen molar-refractivity contribution in [3.63, 3.8) is 0 Å². The standard InChI is InChI=1S/C16H21N3O2S/c1-3-11(2)14(9-20)19-15(21)8-12-10-22-16(18-12)13-6-4-5-7-17-13/h4-7,10-11,14,20H,3,8-9H2,1-2H3,(H,19,21)/t11-,14-/m0/s1. The lowest BCUT2D eigenvalue weighted by Crippen LogP contribution is -2.42. The topological polar surface area (TPSA) is 75.1 Å². The van der Waals surface area contributed by atoms with Gasteiger partial charge < -0.3 is 10.4 Å². The average molecular weight is 319 g/mol. The van der Waals surface area contributed by atoms with Gasteiger partial charge in [-0.25, -0.2) is 4.98 Å². The Labute approximate surface area is 134 Å². The highest BCUT2D eigenvalue weighted by atomic mass is 32.1. The van der Waals surface area contributed by atoms with Crippen molar-refractivity contribution in [1.82, 2.24) is 15.3 Å². The second kappa shape index (κ2) is 8.00. The van der Waals surface area contributed by atoms with Crippen LogP contribution in [0, 0.1) is 5.92 Å². The molecule has 2 rings (SSSR count). The molecule has 2 aromatic rings. The van der Waals surface area contributed by atoms with Gasteiger partial charge >= 0.3 is 0 Å². The number of amides is 1. The molecule has 0 aliphatic rings. The molecule has 0 fully saturated rings. The molecular weight excluding hydrogens is 298 g/mol. The summed E-state index contributed by atoms with van der Waals surface area (Å²) in [6.07, 6.45) is 2.85. The van der Waals surface area contributed by atoms with Gasteiger partial charge in [0.15, 0.2) is 0 Å². The van der Waals surface area contributed by atoms with Gasteiger partial charge in [-0.2, -0.15) is 0 Å². The Morgan fingerprint density at radius 3 is 2.91 bits per heavy atom. The lowest BCUT2D eigenvalue weighted by molar-refractivity contribution is -0.121. The number of hydrogen-bond donors (Lipinski definition) is 2. The molecule has 6 heteroatoms. The van der Waals surface area contributed by atoms with Gasteiger partial charge in [-0.1, -0.05) is 26.3 Å². The smallest absolute Gasteiger partial charge is 0.226 e. The number of carbonyl (C=O) groups excluding carboxylic acids is 1. The fourth-order valence-electron chi connectivity index (χ4n) is 2.07. The number of pyridine rings is 1. The summed E-state index contributed by atoms with van der Waals surface area (Å²) >= 11 is 1.48. The maximum Gasteiger partial charge on any atom is 0.226 e. The molecule has 118 valence electrons. The van der Waals surface area contributed by atoms with Gasteiger partial charge in [0.05, 0.1) is 30.5 Å². The Morgan fingerprint density at radius 2 is 2.27 bits per heavy atom. The SMILES string of the molecule is CC[C@H](C)[C@H](CO)NC(=O)Cc1csc(-c2ccccn2)n1. The fraction of sp³-hybridized carbons (Fsp3) is 0.438. The zero-order valence-electron chi connectivity index (χ0n) is 12.8. The lowest BCUT2D eigenvalue weighted by atomic mass is 10.00. The molecule has 0 saturated heterocycles. The lowest BCUT2D eigenvalue weighted by Gasteiger charge is -2.21. The molecule has 2 atom stereocenters. The van der Waals surface area contributed by atoms with E-state index in [4.69, 9.17) is 0 Å². The quantitative estimate of drug-likeness (QED) is 0.821. The van der Waals surface area contributed by atoms with Gasteiger partial charge in [-0.3, -0.25) is 9.78 Å². The number of aromatic nitrogens is 2. The van der Waals surface area contributed by atoms with Crippen LogP contribution in [0.25, 0.3) is 10.7 Å². The predicted molar refractivity (Wildman–Crippen MR) is 87.5 cm³/mol. The summed E-state index contributed by atoms with van der Waals surface area (Å²) in [5.74, 6) is 0.130. The first kappa shape index (κ1) is 16.6. The summed E-state index contributed by atoms with van der Waals surface area (Å²) in [7, 11) is 0. The first-order valence-electron chi connectivity index (χ1n) is 7.40. The average Bonchev–Trinajstić information content (AvgIpc) is 3.01. The second-order valence-corrected chi connectivity index (χ2v) is 6.14. The van der Waals surface area contributed by atoms with Crippen LogP contribution in [0.15, 0.2) is 29.8 Å². The van der Waals surface area contributed by atoms with Crippen molar-refractivity contribution < 1.29 is 9.90 Å². The van der Waals surface area contributed by atoms with Crippen LogP contribution in [0.2, 0.25) is 0 Å². The molecular formula is C16H21N3O2S. The molecule has 2 heterocycles. The van der Waals surface area contributed by atoms with Crippen LogP contribution in [0.4, 0.5) is 0 Å². The number of nitrogens with zero attached hydrogens (tertiary/aromatic N) is 2. The van der Waals surface area contributed by atoms with Crippen molar-refractivity contribution >= 4 is 17.2 Å². The highest BCUT2D eigenvalue weighted by molar-refractivity contribution is 7.13. The Balaban J connectivity index is 1.96. The number of aliphatic hydroxyl groups excluding tert-OH is 1. The van der Waals surface area contributed by atoms with Crippen molar-refractivity contribution in [1.29, 1.82) is 0 Å². The zero-order valence-corrected chi connectivity index (χ0v) is 13.6. The van der Waals surface area contributed by atoms with Gasteiger partial charge in [0.2, 0.25) is 5.91 Å². The van der Waals surface area contributed by atoms with E-state index in [1.165, 1.54) is 11.3 Å². The molecule has 0 aromatic carbocycles. The molecule has 0 unspecified atom stereocenters. The maximum atomic E-state index is 12.1. The highest BCUT2D eigenvalue weighted by Crippen LogP contribution is 2.21. The van der Waals surface area contributed by atoms with E-state index in [9.17, 15) is 9.90 Å². The van der Waals surface area contributed by atoms with Crippen LogP contribution in [0.1, 0.15) is 26.0 Å². The molecule has 0 radical (unpaired) electrons. The number of rotatable bonds is 7. The Morgan fingerprint density at radius 1 is 1.45 bits per heavy atom. The van der Waals surface area contributed by atoms with Crippen LogP contribution in [0.3, 0.4) is 0 Å². The molecule has 2 aromatic heterocycles. The Bertz CT molecular complexity index is 600. The Hall–Kier alpha value is -1.79. The maximum absolute atomic E-state index is 12.1. The minimum atomic E-state index is -0.202. The van der Waals surface area contributed by atoms with E-state index in [0.717, 1.165) is 22.8 Å². The number of hydrogen-bond acceptors (Lipinski definition) is 5. The molecule has 0 bridgehead atoms. The fourth-order valence-corrected chi connectivity index (χ4v) is 2.86. The van der Waals surface area contributed by atoms with Gasteiger partial charge in [0.1, 0.15) is 5.01 Å². The van der Waals surface area contributed by atoms with E-state index >= 15 is 0 Å². The van der Waals surface area contributed by atoms with Crippen molar-refractivity contribution in [2.75, 3.05) is 6.61 Å². The molecule has 0 aliphatic heterocycles. The monoisotopic (exact) mass is 319 g/mol. The third kappa shape index (κ3) is 4.35. The largest absolute Gasteiger partial charge is 0.394 e. The first-order valence-corrected chi connectivity index (χ1v) is 8.28. The second-order valence-electron chi connectivity index (χ2n) is 5.28. The van der Waals surface area contributed by atoms with Crippen molar-refractivity contribution in [2.24, 2.45) is 5.92 Å². The van der Waals surface area contributed by atoms with Gasteiger partial charge in [-0.15, -0.1) is 11.3 Å². The van der Waals surface area contributed by atoms with E-state index in [-0.39, 0.29) is 30.9 Å². The minimum Gasteiger partial charge on any atom is -0.394 e. The van der Waals surface area contributed by atoms with E-state index in [2.05, 4.69) is 15.3 Å². The van der Waals surface area contributed by atoms with Crippen LogP contribution >= 0.6 is 11.3 Å². The van der Waals surface area contributed by atoms with E-state index < -0.39 is 0 Å². The number of thiazole rings is 1. The van der Waals surface area contributed by atoms with Crippen LogP contribution in [-0.2, 0) is 11.2 Å². The van der Waals surface area contributed by atoms with Crippen LogP contribution in [0.5, 0.6) is 0 Å². The molecule has 0 spiro atoms. The molecule has 0 aliphatic carbocycles. The molecule has 22 heavy (non-hydrogen) atoms. The predicted octanol–water partition coefficient (Wildman–Crippen LogP) is 2.27. The third-order valence-electron chi connectivity index (χ3n) is 3.65. The summed E-state index contributed by atoms with van der Waals surface area (Å²) in [4.78, 5) is 20.8. The summed E-state index contributed by atoms with van der Waals surface area (Å²) in [6.45, 7) is 4.01. The van der Waals surface area contributed by atoms with Crippen LogP contribution in [-0.4, -0.2) is 33.6 Å². The molecule has 0 saturated carbocycles. The van der Waals surface area contributed by atoms with E-state index in [0.29, 0.717) is 0 Å². The van der Waals surface area contributed by atoms with Crippen molar-refractivity contribution in [2.45, 2.75) is 32.7 Å². The summed E-state index contributed by atoms with van der Waals surface area (Å²) in [5.41, 5.74) is 1.54.